The van der Waals surface area contributed by atoms with Crippen molar-refractivity contribution in [3.05, 3.63) is 0 Å². The largest absolute Gasteiger partial charge is 0.379 e. The molecule has 0 saturated heterocycles. The minimum Gasteiger partial charge on any atom is -0.379 e. The molecule has 0 aromatic heterocycles. The van der Waals surface area contributed by atoms with Gasteiger partial charge in [0.1, 0.15) is 0 Å². The Morgan fingerprint density at radius 3 is 2.43 bits per heavy atom. The summed E-state index contributed by atoms with van der Waals surface area (Å²) < 4.78 is 5.43. The molecular weight excluding hydrogens is 176 g/mol. The lowest BCUT2D eigenvalue weighted by molar-refractivity contribution is 0.00165. The molecule has 0 aromatic rings. The number of hydrogen-bond donors (Lipinski definition) is 2. The van der Waals surface area contributed by atoms with Gasteiger partial charge in [0.25, 0.3) is 0 Å². The molecule has 84 valence electrons. The molecule has 1 saturated carbocycles. The Balaban J connectivity index is 2.45. The van der Waals surface area contributed by atoms with E-state index in [4.69, 9.17) is 10.6 Å². The van der Waals surface area contributed by atoms with E-state index in [1.54, 1.807) is 7.11 Å². The molecule has 14 heavy (non-hydrogen) atoms. The number of hydrogen-bond acceptors (Lipinski definition) is 3. The zero-order valence-electron chi connectivity index (χ0n) is 9.68. The molecule has 0 aliphatic heterocycles. The standard InChI is InChI=1S/C11H24N2O/c1-11(2,14-3)8-10(13-12)9-6-4-5-7-9/h9-10,13H,4-8,12H2,1-3H3. The van der Waals surface area contributed by atoms with Crippen molar-refractivity contribution in [3.8, 4) is 0 Å². The van der Waals surface area contributed by atoms with Crippen molar-refractivity contribution in [2.45, 2.75) is 57.6 Å². The van der Waals surface area contributed by atoms with Crippen LogP contribution in [0.4, 0.5) is 0 Å². The Kier molecular flexibility index (Phi) is 4.35. The zero-order valence-corrected chi connectivity index (χ0v) is 9.68. The first-order valence-corrected chi connectivity index (χ1v) is 5.60. The Morgan fingerprint density at radius 2 is 2.00 bits per heavy atom. The summed E-state index contributed by atoms with van der Waals surface area (Å²) in [4.78, 5) is 0. The molecule has 3 N–H and O–H groups in total. The van der Waals surface area contributed by atoms with Gasteiger partial charge in [-0.1, -0.05) is 12.8 Å². The number of nitrogens with one attached hydrogen (secondary N) is 1. The van der Waals surface area contributed by atoms with E-state index in [0.29, 0.717) is 6.04 Å². The minimum atomic E-state index is -0.0698. The normalized spacial score (nSPS) is 21.4. The van der Waals surface area contributed by atoms with Crippen LogP contribution in [0.3, 0.4) is 0 Å². The molecule has 0 bridgehead atoms. The van der Waals surface area contributed by atoms with Gasteiger partial charge in [0.05, 0.1) is 5.60 Å². The molecular formula is C11H24N2O. The molecule has 0 spiro atoms. The van der Waals surface area contributed by atoms with Gasteiger partial charge in [-0.3, -0.25) is 11.3 Å². The van der Waals surface area contributed by atoms with E-state index in [1.807, 2.05) is 0 Å². The maximum atomic E-state index is 5.61. The van der Waals surface area contributed by atoms with E-state index in [9.17, 15) is 0 Å². The topological polar surface area (TPSA) is 47.3 Å². The molecule has 1 rings (SSSR count). The quantitative estimate of drug-likeness (QED) is 0.526. The van der Waals surface area contributed by atoms with Gasteiger partial charge in [-0.15, -0.1) is 0 Å². The van der Waals surface area contributed by atoms with Gasteiger partial charge in [0.2, 0.25) is 0 Å². The Labute approximate surface area is 87.4 Å². The predicted molar refractivity (Wildman–Crippen MR) is 58.8 cm³/mol. The highest BCUT2D eigenvalue weighted by atomic mass is 16.5. The third kappa shape index (κ3) is 3.23. The van der Waals surface area contributed by atoms with Gasteiger partial charge in [0, 0.05) is 13.2 Å². The first-order valence-electron chi connectivity index (χ1n) is 5.60. The molecule has 1 aliphatic carbocycles. The van der Waals surface area contributed by atoms with Crippen LogP contribution >= 0.6 is 0 Å². The summed E-state index contributed by atoms with van der Waals surface area (Å²) in [6.07, 6.45) is 6.33. The molecule has 0 amide bonds. The van der Waals surface area contributed by atoms with Crippen molar-refractivity contribution in [3.63, 3.8) is 0 Å². The fraction of sp³-hybridized carbons (Fsp3) is 1.00. The fourth-order valence-corrected chi connectivity index (χ4v) is 2.33. The first kappa shape index (κ1) is 12.0. The van der Waals surface area contributed by atoms with Gasteiger partial charge in [-0.05, 0) is 39.0 Å². The minimum absolute atomic E-state index is 0.0698. The van der Waals surface area contributed by atoms with Crippen LogP contribution in [0.15, 0.2) is 0 Å². The molecule has 0 aromatic carbocycles. The Hall–Kier alpha value is -0.120. The van der Waals surface area contributed by atoms with Gasteiger partial charge in [-0.2, -0.15) is 0 Å². The maximum absolute atomic E-state index is 5.61. The highest BCUT2D eigenvalue weighted by Crippen LogP contribution is 2.31. The van der Waals surface area contributed by atoms with Crippen LogP contribution in [0, 0.1) is 5.92 Å². The van der Waals surface area contributed by atoms with Gasteiger partial charge in [-0.25, -0.2) is 0 Å². The lowest BCUT2D eigenvalue weighted by Crippen LogP contribution is -2.45. The van der Waals surface area contributed by atoms with Gasteiger partial charge in [0.15, 0.2) is 0 Å². The van der Waals surface area contributed by atoms with Crippen LogP contribution in [-0.4, -0.2) is 18.8 Å². The summed E-state index contributed by atoms with van der Waals surface area (Å²) >= 11 is 0. The van der Waals surface area contributed by atoms with Crippen molar-refractivity contribution >= 4 is 0 Å². The zero-order chi connectivity index (χ0) is 10.6. The van der Waals surface area contributed by atoms with Crippen molar-refractivity contribution in [1.82, 2.24) is 5.43 Å². The van der Waals surface area contributed by atoms with E-state index in [1.165, 1.54) is 25.7 Å². The second kappa shape index (κ2) is 5.10. The lowest BCUT2D eigenvalue weighted by Gasteiger charge is -2.31. The number of nitrogens with two attached hydrogens (primary N) is 1. The van der Waals surface area contributed by atoms with Crippen molar-refractivity contribution in [1.29, 1.82) is 0 Å². The Morgan fingerprint density at radius 1 is 1.43 bits per heavy atom. The summed E-state index contributed by atoms with van der Waals surface area (Å²) in [5.74, 6) is 6.35. The molecule has 3 heteroatoms. The van der Waals surface area contributed by atoms with Crippen molar-refractivity contribution in [2.24, 2.45) is 11.8 Å². The average Bonchev–Trinajstić information content (AvgIpc) is 2.67. The molecule has 3 nitrogen and oxygen atoms in total. The summed E-state index contributed by atoms with van der Waals surface area (Å²) in [7, 11) is 1.77. The van der Waals surface area contributed by atoms with E-state index in [2.05, 4.69) is 19.3 Å². The summed E-state index contributed by atoms with van der Waals surface area (Å²) in [6, 6.07) is 0.410. The van der Waals surface area contributed by atoms with Crippen LogP contribution in [0.25, 0.3) is 0 Å². The SMILES string of the molecule is COC(C)(C)CC(NN)C1CCCC1. The summed E-state index contributed by atoms with van der Waals surface area (Å²) in [5, 5.41) is 0. The maximum Gasteiger partial charge on any atom is 0.0638 e. The predicted octanol–water partition coefficient (Wildman–Crippen LogP) is 1.82. The van der Waals surface area contributed by atoms with Crippen molar-refractivity contribution < 1.29 is 4.74 Å². The molecule has 1 fully saturated rings. The molecule has 1 aliphatic rings. The van der Waals surface area contributed by atoms with Crippen LogP contribution in [-0.2, 0) is 4.74 Å². The van der Waals surface area contributed by atoms with Gasteiger partial charge >= 0.3 is 0 Å². The van der Waals surface area contributed by atoms with Crippen molar-refractivity contribution in [2.75, 3.05) is 7.11 Å². The first-order chi connectivity index (χ1) is 6.59. The second-order valence-corrected chi connectivity index (χ2v) is 4.99. The van der Waals surface area contributed by atoms with Crippen LogP contribution in [0.5, 0.6) is 0 Å². The number of rotatable bonds is 5. The summed E-state index contributed by atoms with van der Waals surface area (Å²) in [5.41, 5.74) is 2.88. The number of hydrazine groups is 1. The third-order valence-electron chi connectivity index (χ3n) is 3.45. The van der Waals surface area contributed by atoms with E-state index in [0.717, 1.165) is 12.3 Å². The smallest absolute Gasteiger partial charge is 0.0638 e. The van der Waals surface area contributed by atoms with Gasteiger partial charge < -0.3 is 4.74 Å². The number of ether oxygens (including phenoxy) is 1. The summed E-state index contributed by atoms with van der Waals surface area (Å²) in [6.45, 7) is 4.23. The fourth-order valence-electron chi connectivity index (χ4n) is 2.33. The Bertz CT molecular complexity index is 165. The second-order valence-electron chi connectivity index (χ2n) is 4.99. The monoisotopic (exact) mass is 200 g/mol. The van der Waals surface area contributed by atoms with Crippen LogP contribution in [0.1, 0.15) is 46.0 Å². The third-order valence-corrected chi connectivity index (χ3v) is 3.45. The molecule has 1 unspecified atom stereocenters. The van der Waals surface area contributed by atoms with Crippen LogP contribution < -0.4 is 11.3 Å². The highest BCUT2D eigenvalue weighted by molar-refractivity contribution is 4.84. The molecule has 0 heterocycles. The molecule has 0 radical (unpaired) electrons. The van der Waals surface area contributed by atoms with E-state index in [-0.39, 0.29) is 5.60 Å². The lowest BCUT2D eigenvalue weighted by atomic mass is 9.89. The number of methoxy groups -OCH3 is 1. The average molecular weight is 200 g/mol. The van der Waals surface area contributed by atoms with E-state index >= 15 is 0 Å². The highest BCUT2D eigenvalue weighted by Gasteiger charge is 2.29. The van der Waals surface area contributed by atoms with E-state index < -0.39 is 0 Å². The molecule has 1 atom stereocenters. The van der Waals surface area contributed by atoms with Crippen LogP contribution in [0.2, 0.25) is 0 Å².